The van der Waals surface area contributed by atoms with Crippen LogP contribution in [0.5, 0.6) is 0 Å². The Morgan fingerprint density at radius 1 is 1.37 bits per heavy atom. The minimum Gasteiger partial charge on any atom is -0.462 e. The molecule has 0 saturated heterocycles. The van der Waals surface area contributed by atoms with Crippen molar-refractivity contribution in [2.24, 2.45) is 0 Å². The van der Waals surface area contributed by atoms with E-state index in [-0.39, 0.29) is 12.3 Å². The average Bonchev–Trinajstić information content (AvgIpc) is 3.21. The normalized spacial score (nSPS) is 11.2. The van der Waals surface area contributed by atoms with Crippen molar-refractivity contribution in [2.45, 2.75) is 30.8 Å². The molecule has 0 radical (unpaired) electrons. The van der Waals surface area contributed by atoms with Gasteiger partial charge in [0.05, 0.1) is 12.4 Å². The fourth-order valence-corrected chi connectivity index (χ4v) is 3.64. The smallest absolute Gasteiger partial charge is 0.343 e. The molecule has 0 aliphatic rings. The number of aromatic nitrogens is 3. The van der Waals surface area contributed by atoms with E-state index in [1.54, 1.807) is 24.7 Å². The van der Waals surface area contributed by atoms with Gasteiger partial charge in [-0.05, 0) is 19.4 Å². The summed E-state index contributed by atoms with van der Waals surface area (Å²) in [6.07, 6.45) is 0.697. The Kier molecular flexibility index (Phi) is 6.36. The number of furan rings is 1. The van der Waals surface area contributed by atoms with Crippen LogP contribution in [0.3, 0.4) is 0 Å². The third-order valence-electron chi connectivity index (χ3n) is 3.93. The Balaban J connectivity index is 1.84. The summed E-state index contributed by atoms with van der Waals surface area (Å²) in [4.78, 5) is 24.4. The molecule has 3 rings (SSSR count). The van der Waals surface area contributed by atoms with E-state index >= 15 is 0 Å². The predicted octanol–water partition coefficient (Wildman–Crippen LogP) is 2.82. The summed E-state index contributed by atoms with van der Waals surface area (Å²) in [6, 6.07) is 7.33. The number of H-pyrrole nitrogens is 1. The molecule has 0 amide bonds. The lowest BCUT2D eigenvalue weighted by molar-refractivity contribution is 0.0526. The van der Waals surface area contributed by atoms with E-state index in [4.69, 9.17) is 13.9 Å². The topological polar surface area (TPSA) is 99.3 Å². The molecule has 0 aliphatic carbocycles. The van der Waals surface area contributed by atoms with E-state index in [0.29, 0.717) is 52.8 Å². The van der Waals surface area contributed by atoms with E-state index < -0.39 is 5.97 Å². The number of benzene rings is 1. The predicted molar refractivity (Wildman–Crippen MR) is 101 cm³/mol. The van der Waals surface area contributed by atoms with Crippen molar-refractivity contribution in [1.82, 2.24) is 14.8 Å². The van der Waals surface area contributed by atoms with Gasteiger partial charge in [-0.1, -0.05) is 30.0 Å². The molecule has 2 heterocycles. The van der Waals surface area contributed by atoms with Gasteiger partial charge in [0.2, 0.25) is 0 Å². The number of hydrogen-bond acceptors (Lipinski definition) is 7. The first-order valence-corrected chi connectivity index (χ1v) is 9.58. The minimum absolute atomic E-state index is 0.274. The van der Waals surface area contributed by atoms with Gasteiger partial charge < -0.3 is 13.9 Å². The zero-order chi connectivity index (χ0) is 19.2. The molecule has 9 heteroatoms. The SMILES string of the molecule is CCOC(=O)c1c(CSc2n[nH]c(=O)n2CCCOC)oc2ccccc12. The number of para-hydroxylation sites is 1. The molecule has 0 fully saturated rings. The minimum atomic E-state index is -0.419. The summed E-state index contributed by atoms with van der Waals surface area (Å²) in [6.45, 7) is 3.09. The van der Waals surface area contributed by atoms with E-state index in [2.05, 4.69) is 10.2 Å². The van der Waals surface area contributed by atoms with Gasteiger partial charge >= 0.3 is 11.7 Å². The number of hydrogen-bond donors (Lipinski definition) is 1. The van der Waals surface area contributed by atoms with Crippen molar-refractivity contribution in [2.75, 3.05) is 20.3 Å². The van der Waals surface area contributed by atoms with Crippen LogP contribution >= 0.6 is 11.8 Å². The Hall–Kier alpha value is -2.52. The summed E-state index contributed by atoms with van der Waals surface area (Å²) < 4.78 is 17.6. The maximum Gasteiger partial charge on any atom is 0.343 e. The summed E-state index contributed by atoms with van der Waals surface area (Å²) in [7, 11) is 1.62. The van der Waals surface area contributed by atoms with Crippen molar-refractivity contribution in [1.29, 1.82) is 0 Å². The van der Waals surface area contributed by atoms with Gasteiger partial charge in [-0.15, -0.1) is 5.10 Å². The molecule has 0 spiro atoms. The fourth-order valence-electron chi connectivity index (χ4n) is 2.73. The van der Waals surface area contributed by atoms with Gasteiger partial charge in [-0.25, -0.2) is 14.7 Å². The second-order valence-electron chi connectivity index (χ2n) is 5.71. The van der Waals surface area contributed by atoms with Gasteiger partial charge in [-0.2, -0.15) is 0 Å². The lowest BCUT2D eigenvalue weighted by atomic mass is 10.1. The summed E-state index contributed by atoms with van der Waals surface area (Å²) in [5.74, 6) is 0.424. The van der Waals surface area contributed by atoms with E-state index in [9.17, 15) is 9.59 Å². The molecule has 0 unspecified atom stereocenters. The highest BCUT2D eigenvalue weighted by Crippen LogP contribution is 2.31. The van der Waals surface area contributed by atoms with E-state index in [1.165, 1.54) is 11.8 Å². The molecule has 1 aromatic carbocycles. The zero-order valence-corrected chi connectivity index (χ0v) is 16.0. The number of carbonyl (C=O) groups excluding carboxylic acids is 1. The number of ether oxygens (including phenoxy) is 2. The van der Waals surface area contributed by atoms with Crippen molar-refractivity contribution < 1.29 is 18.7 Å². The second-order valence-corrected chi connectivity index (χ2v) is 6.66. The summed E-state index contributed by atoms with van der Waals surface area (Å²) in [5, 5.41) is 7.77. The van der Waals surface area contributed by atoms with E-state index in [0.717, 1.165) is 0 Å². The first kappa shape index (κ1) is 19.2. The Bertz CT molecular complexity index is 975. The molecule has 27 heavy (non-hydrogen) atoms. The lowest BCUT2D eigenvalue weighted by Crippen LogP contribution is -2.18. The van der Waals surface area contributed by atoms with Crippen molar-refractivity contribution in [3.63, 3.8) is 0 Å². The highest BCUT2D eigenvalue weighted by molar-refractivity contribution is 7.98. The van der Waals surface area contributed by atoms with Crippen LogP contribution in [-0.2, 0) is 21.8 Å². The number of thioether (sulfide) groups is 1. The number of methoxy groups -OCH3 is 1. The number of aromatic amines is 1. The molecule has 144 valence electrons. The van der Waals surface area contributed by atoms with Crippen LogP contribution in [0.25, 0.3) is 11.0 Å². The van der Waals surface area contributed by atoms with Crippen LogP contribution < -0.4 is 5.69 Å². The van der Waals surface area contributed by atoms with Crippen LogP contribution in [0.1, 0.15) is 29.5 Å². The molecular weight excluding hydrogens is 370 g/mol. The average molecular weight is 391 g/mol. The van der Waals surface area contributed by atoms with Gasteiger partial charge in [0, 0.05) is 25.6 Å². The number of esters is 1. The molecule has 1 N–H and O–H groups in total. The summed E-state index contributed by atoms with van der Waals surface area (Å²) in [5.41, 5.74) is 0.767. The van der Waals surface area contributed by atoms with Crippen LogP contribution in [-0.4, -0.2) is 41.1 Å². The van der Waals surface area contributed by atoms with Gasteiger partial charge in [0.15, 0.2) is 5.16 Å². The lowest BCUT2D eigenvalue weighted by Gasteiger charge is -2.05. The monoisotopic (exact) mass is 391 g/mol. The molecule has 3 aromatic rings. The standard InChI is InChI=1S/C18H21N3O5S/c1-3-25-16(22)15-12-7-4-5-8-13(12)26-14(15)11-27-18-20-19-17(23)21(18)9-6-10-24-2/h4-5,7-8H,3,6,9-11H2,1-2H3,(H,19,23). The maximum absolute atomic E-state index is 12.4. The van der Waals surface area contributed by atoms with Crippen molar-refractivity contribution >= 4 is 28.7 Å². The Morgan fingerprint density at radius 2 is 2.19 bits per heavy atom. The third kappa shape index (κ3) is 4.25. The first-order valence-electron chi connectivity index (χ1n) is 8.60. The quantitative estimate of drug-likeness (QED) is 0.340. The Labute approximate surface area is 159 Å². The number of fused-ring (bicyclic) bond motifs is 1. The number of carbonyl (C=O) groups is 1. The van der Waals surface area contributed by atoms with Gasteiger partial charge in [-0.3, -0.25) is 4.57 Å². The highest BCUT2D eigenvalue weighted by Gasteiger charge is 2.22. The van der Waals surface area contributed by atoms with Gasteiger partial charge in [0.1, 0.15) is 16.9 Å². The van der Waals surface area contributed by atoms with Gasteiger partial charge in [0.25, 0.3) is 0 Å². The largest absolute Gasteiger partial charge is 0.462 e. The Morgan fingerprint density at radius 3 is 2.96 bits per heavy atom. The molecule has 8 nitrogen and oxygen atoms in total. The highest BCUT2D eigenvalue weighted by atomic mass is 32.2. The summed E-state index contributed by atoms with van der Waals surface area (Å²) >= 11 is 1.32. The van der Waals surface area contributed by atoms with Crippen LogP contribution in [0.2, 0.25) is 0 Å². The molecule has 0 bridgehead atoms. The van der Waals surface area contributed by atoms with Crippen molar-refractivity contribution in [3.05, 3.63) is 46.1 Å². The first-order chi connectivity index (χ1) is 13.2. The number of nitrogens with zero attached hydrogens (tertiary/aromatic N) is 2. The molecule has 0 saturated carbocycles. The molecule has 2 aromatic heterocycles. The number of nitrogens with one attached hydrogen (secondary N) is 1. The van der Waals surface area contributed by atoms with Crippen LogP contribution in [0, 0.1) is 0 Å². The second kappa shape index (κ2) is 8.92. The van der Waals surface area contributed by atoms with Crippen LogP contribution in [0.15, 0.2) is 38.6 Å². The third-order valence-corrected chi connectivity index (χ3v) is 4.91. The molecular formula is C18H21N3O5S. The fraction of sp³-hybridized carbons (Fsp3) is 0.389. The zero-order valence-electron chi connectivity index (χ0n) is 15.2. The molecule has 0 atom stereocenters. The maximum atomic E-state index is 12.4. The number of rotatable bonds is 9. The molecule has 0 aliphatic heterocycles. The van der Waals surface area contributed by atoms with Crippen molar-refractivity contribution in [3.8, 4) is 0 Å². The van der Waals surface area contributed by atoms with Crippen LogP contribution in [0.4, 0.5) is 0 Å². The van der Waals surface area contributed by atoms with E-state index in [1.807, 2.05) is 18.2 Å².